The number of fused-ring (bicyclic) bond motifs is 1. The second-order valence-corrected chi connectivity index (χ2v) is 6.97. The van der Waals surface area contributed by atoms with Gasteiger partial charge in [0.25, 0.3) is 11.5 Å². The molecule has 2 amide bonds. The van der Waals surface area contributed by atoms with Crippen LogP contribution in [-0.4, -0.2) is 27.4 Å². The molecule has 0 saturated carbocycles. The number of para-hydroxylation sites is 2. The molecule has 0 unspecified atom stereocenters. The van der Waals surface area contributed by atoms with Crippen LogP contribution in [0, 0.1) is 0 Å². The molecule has 0 aliphatic carbocycles. The van der Waals surface area contributed by atoms with Crippen LogP contribution in [0.25, 0.3) is 11.0 Å². The minimum atomic E-state index is -0.459. The van der Waals surface area contributed by atoms with E-state index in [2.05, 4.69) is 15.6 Å². The Morgan fingerprint density at radius 3 is 2.68 bits per heavy atom. The van der Waals surface area contributed by atoms with E-state index in [0.29, 0.717) is 21.6 Å². The topological polar surface area (TPSA) is 93.1 Å². The highest BCUT2D eigenvalue weighted by molar-refractivity contribution is 6.31. The van der Waals surface area contributed by atoms with E-state index in [4.69, 9.17) is 11.6 Å². The first kappa shape index (κ1) is 19.6. The fraction of sp³-hybridized carbons (Fsp3) is 0.200. The number of benzene rings is 2. The fourth-order valence-electron chi connectivity index (χ4n) is 2.77. The van der Waals surface area contributed by atoms with E-state index in [0.717, 1.165) is 0 Å². The van der Waals surface area contributed by atoms with Gasteiger partial charge in [0.05, 0.1) is 28.5 Å². The first-order chi connectivity index (χ1) is 13.3. The van der Waals surface area contributed by atoms with Crippen molar-refractivity contribution in [2.24, 2.45) is 0 Å². The van der Waals surface area contributed by atoms with Crippen LogP contribution in [0.5, 0.6) is 0 Å². The number of rotatable bonds is 5. The van der Waals surface area contributed by atoms with Gasteiger partial charge in [-0.2, -0.15) is 0 Å². The molecule has 0 aliphatic heterocycles. The zero-order valence-corrected chi connectivity index (χ0v) is 16.2. The van der Waals surface area contributed by atoms with Crippen molar-refractivity contribution in [2.45, 2.75) is 26.4 Å². The third kappa shape index (κ3) is 4.37. The van der Waals surface area contributed by atoms with Gasteiger partial charge in [0, 0.05) is 11.1 Å². The molecular formula is C20H19ClN4O3. The number of hydrogen-bond acceptors (Lipinski definition) is 4. The van der Waals surface area contributed by atoms with Crippen molar-refractivity contribution >= 4 is 40.1 Å². The number of nitrogens with one attached hydrogen (secondary N) is 2. The number of carbonyl (C=O) groups excluding carboxylic acids is 2. The van der Waals surface area contributed by atoms with E-state index < -0.39 is 11.5 Å². The molecule has 0 fully saturated rings. The van der Waals surface area contributed by atoms with Crippen molar-refractivity contribution in [1.82, 2.24) is 14.9 Å². The molecule has 7 nitrogen and oxygen atoms in total. The van der Waals surface area contributed by atoms with Crippen molar-refractivity contribution in [1.29, 1.82) is 0 Å². The van der Waals surface area contributed by atoms with Crippen LogP contribution >= 0.6 is 11.6 Å². The van der Waals surface area contributed by atoms with Gasteiger partial charge in [0.2, 0.25) is 5.91 Å². The molecule has 2 N–H and O–H groups in total. The molecule has 3 rings (SSSR count). The Morgan fingerprint density at radius 1 is 1.18 bits per heavy atom. The number of hydrogen-bond donors (Lipinski definition) is 2. The van der Waals surface area contributed by atoms with Crippen molar-refractivity contribution in [3.63, 3.8) is 0 Å². The lowest BCUT2D eigenvalue weighted by atomic mass is 10.1. The SMILES string of the molecule is CC(C)NC(=O)c1ccc(Cl)cc1NC(=O)Cn1c(=O)cnc2ccccc21. The number of halogens is 1. The quantitative estimate of drug-likeness (QED) is 0.691. The maximum Gasteiger partial charge on any atom is 0.269 e. The van der Waals surface area contributed by atoms with E-state index in [1.165, 1.54) is 16.8 Å². The van der Waals surface area contributed by atoms with Gasteiger partial charge in [0.15, 0.2) is 0 Å². The van der Waals surface area contributed by atoms with E-state index in [-0.39, 0.29) is 24.2 Å². The molecule has 28 heavy (non-hydrogen) atoms. The Bertz CT molecular complexity index is 1110. The minimum Gasteiger partial charge on any atom is -0.350 e. The highest BCUT2D eigenvalue weighted by atomic mass is 35.5. The first-order valence-electron chi connectivity index (χ1n) is 8.70. The summed E-state index contributed by atoms with van der Waals surface area (Å²) in [5, 5.41) is 5.84. The third-order valence-corrected chi connectivity index (χ3v) is 4.21. The van der Waals surface area contributed by atoms with Gasteiger partial charge in [-0.1, -0.05) is 23.7 Å². The number of aromatic nitrogens is 2. The molecule has 0 bridgehead atoms. The molecule has 0 spiro atoms. The Balaban J connectivity index is 1.89. The average Bonchev–Trinajstić information content (AvgIpc) is 2.63. The zero-order valence-electron chi connectivity index (χ0n) is 15.4. The molecule has 0 saturated heterocycles. The van der Waals surface area contributed by atoms with Crippen LogP contribution in [-0.2, 0) is 11.3 Å². The summed E-state index contributed by atoms with van der Waals surface area (Å²) in [6.45, 7) is 3.46. The average molecular weight is 399 g/mol. The van der Waals surface area contributed by atoms with Crippen molar-refractivity contribution in [3.05, 3.63) is 69.6 Å². The Labute approximate surface area is 166 Å². The van der Waals surface area contributed by atoms with Crippen molar-refractivity contribution < 1.29 is 9.59 Å². The summed E-state index contributed by atoms with van der Waals surface area (Å²) in [6, 6.07) is 11.6. The third-order valence-electron chi connectivity index (χ3n) is 3.97. The molecule has 8 heteroatoms. The predicted octanol–water partition coefficient (Wildman–Crippen LogP) is 2.83. The lowest BCUT2D eigenvalue weighted by Crippen LogP contribution is -2.32. The summed E-state index contributed by atoms with van der Waals surface area (Å²) in [5.41, 5.74) is 1.34. The Kier molecular flexibility index (Phi) is 5.75. The molecule has 1 aromatic heterocycles. The molecule has 2 aromatic carbocycles. The number of carbonyl (C=O) groups is 2. The van der Waals surface area contributed by atoms with Crippen LogP contribution in [0.2, 0.25) is 5.02 Å². The molecule has 3 aromatic rings. The summed E-state index contributed by atoms with van der Waals surface area (Å²) in [5.74, 6) is -0.784. The summed E-state index contributed by atoms with van der Waals surface area (Å²) in [7, 11) is 0. The maximum absolute atomic E-state index is 12.6. The minimum absolute atomic E-state index is 0.0616. The normalized spacial score (nSPS) is 10.9. The number of amides is 2. The van der Waals surface area contributed by atoms with Gasteiger partial charge < -0.3 is 10.6 Å². The van der Waals surface area contributed by atoms with Crippen LogP contribution in [0.15, 0.2) is 53.5 Å². The molecule has 0 atom stereocenters. The summed E-state index contributed by atoms with van der Waals surface area (Å²) >= 11 is 6.03. The van der Waals surface area contributed by atoms with Crippen LogP contribution in [0.3, 0.4) is 0 Å². The largest absolute Gasteiger partial charge is 0.350 e. The summed E-state index contributed by atoms with van der Waals surface area (Å²) in [6.07, 6.45) is 1.18. The maximum atomic E-state index is 12.6. The van der Waals surface area contributed by atoms with Crippen LogP contribution < -0.4 is 16.2 Å². The van der Waals surface area contributed by atoms with Gasteiger partial charge in [-0.25, -0.2) is 4.98 Å². The lowest BCUT2D eigenvalue weighted by molar-refractivity contribution is -0.116. The smallest absolute Gasteiger partial charge is 0.269 e. The molecule has 144 valence electrons. The molecule has 1 heterocycles. The molecular weight excluding hydrogens is 380 g/mol. The number of nitrogens with zero attached hydrogens (tertiary/aromatic N) is 2. The number of anilines is 1. The highest BCUT2D eigenvalue weighted by Gasteiger charge is 2.16. The highest BCUT2D eigenvalue weighted by Crippen LogP contribution is 2.21. The van der Waals surface area contributed by atoms with Gasteiger partial charge in [0.1, 0.15) is 6.54 Å². The molecule has 0 aliphatic rings. The van der Waals surface area contributed by atoms with E-state index in [1.807, 2.05) is 13.8 Å². The standard InChI is InChI=1S/C20H19ClN4O3/c1-12(2)23-20(28)14-8-7-13(21)9-16(14)24-18(26)11-25-17-6-4-3-5-15(17)22-10-19(25)27/h3-10,12H,11H2,1-2H3,(H,23,28)(H,24,26). The van der Waals surface area contributed by atoms with Gasteiger partial charge in [-0.3, -0.25) is 19.0 Å². The second kappa shape index (κ2) is 8.22. The van der Waals surface area contributed by atoms with Gasteiger partial charge in [-0.05, 0) is 44.2 Å². The Morgan fingerprint density at radius 2 is 1.93 bits per heavy atom. The predicted molar refractivity (Wildman–Crippen MR) is 109 cm³/mol. The fourth-order valence-corrected chi connectivity index (χ4v) is 2.94. The van der Waals surface area contributed by atoms with E-state index >= 15 is 0 Å². The lowest BCUT2D eigenvalue weighted by Gasteiger charge is -2.14. The second-order valence-electron chi connectivity index (χ2n) is 6.54. The van der Waals surface area contributed by atoms with Crippen molar-refractivity contribution in [2.75, 3.05) is 5.32 Å². The zero-order chi connectivity index (χ0) is 20.3. The summed E-state index contributed by atoms with van der Waals surface area (Å²) in [4.78, 5) is 41.3. The summed E-state index contributed by atoms with van der Waals surface area (Å²) < 4.78 is 1.33. The molecule has 0 radical (unpaired) electrons. The monoisotopic (exact) mass is 398 g/mol. The van der Waals surface area contributed by atoms with Gasteiger partial charge >= 0.3 is 0 Å². The van der Waals surface area contributed by atoms with E-state index in [9.17, 15) is 14.4 Å². The van der Waals surface area contributed by atoms with Gasteiger partial charge in [-0.15, -0.1) is 0 Å². The first-order valence-corrected chi connectivity index (χ1v) is 9.08. The van der Waals surface area contributed by atoms with Crippen LogP contribution in [0.4, 0.5) is 5.69 Å². The van der Waals surface area contributed by atoms with Crippen molar-refractivity contribution in [3.8, 4) is 0 Å². The van der Waals surface area contributed by atoms with E-state index in [1.54, 1.807) is 36.4 Å². The van der Waals surface area contributed by atoms with Crippen LogP contribution in [0.1, 0.15) is 24.2 Å². The Hall–Kier alpha value is -3.19.